The molecule has 0 atom stereocenters. The van der Waals surface area contributed by atoms with Crippen molar-refractivity contribution in [3.63, 3.8) is 0 Å². The average Bonchev–Trinajstić information content (AvgIpc) is 2.55. The van der Waals surface area contributed by atoms with Crippen LogP contribution >= 0.6 is 0 Å². The topological polar surface area (TPSA) is 36.7 Å². The van der Waals surface area contributed by atoms with Gasteiger partial charge in [0.1, 0.15) is 0 Å². The number of aromatic nitrogens is 1. The Morgan fingerprint density at radius 2 is 2.00 bits per heavy atom. The van der Waals surface area contributed by atoms with Crippen molar-refractivity contribution in [1.82, 2.24) is 4.98 Å². The van der Waals surface area contributed by atoms with Crippen molar-refractivity contribution >= 4 is 24.3 Å². The number of hydrogen-bond donors (Lipinski definition) is 0. The molecule has 0 bridgehead atoms. The van der Waals surface area contributed by atoms with Crippen LogP contribution in [-0.4, -0.2) is 19.5 Å². The third kappa shape index (κ3) is 1.68. The van der Waals surface area contributed by atoms with Crippen LogP contribution in [0.25, 0.3) is 9.78 Å². The van der Waals surface area contributed by atoms with Gasteiger partial charge in [-0.15, -0.1) is 0 Å². The molecule has 0 aliphatic heterocycles. The first-order valence-electron chi connectivity index (χ1n) is 3.01. The van der Waals surface area contributed by atoms with E-state index in [0.29, 0.717) is 14.5 Å². The molecule has 0 N–H and O–H groups in total. The SMILES string of the molecule is C#N.c1ccc2[se]cnc2c1. The molecule has 0 radical (unpaired) electrons. The second-order valence-corrected chi connectivity index (χ2v) is 3.68. The summed E-state index contributed by atoms with van der Waals surface area (Å²) in [6.07, 6.45) is 0. The molecule has 2 nitrogen and oxygen atoms in total. The van der Waals surface area contributed by atoms with Gasteiger partial charge in [0, 0.05) is 6.57 Å². The fraction of sp³-hybridized carbons (Fsp3) is 0. The Bertz CT molecular complexity index is 321. The van der Waals surface area contributed by atoms with E-state index in [4.69, 9.17) is 5.26 Å². The maximum absolute atomic E-state index is 6.50. The monoisotopic (exact) mass is 210 g/mol. The minimum absolute atomic E-state index is 0.511. The van der Waals surface area contributed by atoms with Crippen LogP contribution in [0.4, 0.5) is 0 Å². The summed E-state index contributed by atoms with van der Waals surface area (Å²) in [6.45, 7) is 3.50. The molecule has 54 valence electrons. The zero-order chi connectivity index (χ0) is 8.10. The molecule has 1 aromatic heterocycles. The van der Waals surface area contributed by atoms with Gasteiger partial charge >= 0.3 is 58.6 Å². The molecular weight excluding hydrogens is 203 g/mol. The van der Waals surface area contributed by atoms with Crippen molar-refractivity contribution in [3.8, 4) is 6.57 Å². The first kappa shape index (κ1) is 8.00. The van der Waals surface area contributed by atoms with E-state index in [2.05, 4.69) is 29.8 Å². The van der Waals surface area contributed by atoms with Crippen LogP contribution in [-0.2, 0) is 0 Å². The second kappa shape index (κ2) is 3.92. The number of nitrogens with zero attached hydrogens (tertiary/aromatic N) is 2. The molecule has 0 aliphatic carbocycles. The van der Waals surface area contributed by atoms with Crippen LogP contribution in [0.2, 0.25) is 0 Å². The zero-order valence-electron chi connectivity index (χ0n) is 5.77. The molecule has 0 aliphatic rings. The van der Waals surface area contributed by atoms with Gasteiger partial charge in [0.05, 0.1) is 0 Å². The Morgan fingerprint density at radius 3 is 2.73 bits per heavy atom. The van der Waals surface area contributed by atoms with Crippen molar-refractivity contribution in [1.29, 1.82) is 5.26 Å². The number of fused-ring (bicyclic) bond motifs is 1. The quantitative estimate of drug-likeness (QED) is 0.615. The normalized spacial score (nSPS) is 8.55. The molecule has 1 aromatic carbocycles. The summed E-state index contributed by atoms with van der Waals surface area (Å²) in [5.41, 5.74) is 1.16. The van der Waals surface area contributed by atoms with Gasteiger partial charge < -0.3 is 0 Å². The van der Waals surface area contributed by atoms with Crippen molar-refractivity contribution in [3.05, 3.63) is 29.3 Å². The summed E-state index contributed by atoms with van der Waals surface area (Å²) < 4.78 is 1.41. The van der Waals surface area contributed by atoms with E-state index >= 15 is 0 Å². The molecule has 0 spiro atoms. The van der Waals surface area contributed by atoms with Gasteiger partial charge in [-0.1, -0.05) is 0 Å². The van der Waals surface area contributed by atoms with Crippen molar-refractivity contribution < 1.29 is 0 Å². The summed E-state index contributed by atoms with van der Waals surface area (Å²) in [7, 11) is 0. The van der Waals surface area contributed by atoms with Crippen LogP contribution in [0, 0.1) is 11.8 Å². The van der Waals surface area contributed by atoms with Crippen LogP contribution in [0.1, 0.15) is 0 Å². The summed E-state index contributed by atoms with van der Waals surface area (Å²) in [6, 6.07) is 8.29. The van der Waals surface area contributed by atoms with Gasteiger partial charge in [-0.2, -0.15) is 0 Å². The average molecular weight is 209 g/mol. The predicted molar refractivity (Wildman–Crippen MR) is 45.4 cm³/mol. The van der Waals surface area contributed by atoms with Crippen molar-refractivity contribution in [2.45, 2.75) is 0 Å². The fourth-order valence-electron chi connectivity index (χ4n) is 0.803. The summed E-state index contributed by atoms with van der Waals surface area (Å²) >= 11 is 0.511. The zero-order valence-corrected chi connectivity index (χ0v) is 7.48. The Labute approximate surface area is 70.9 Å². The Balaban J connectivity index is 0.000000281. The molecule has 0 saturated carbocycles. The number of nitriles is 1. The molecule has 0 saturated heterocycles. The number of para-hydroxylation sites is 1. The van der Waals surface area contributed by atoms with Gasteiger partial charge in [0.2, 0.25) is 0 Å². The van der Waals surface area contributed by atoms with Crippen molar-refractivity contribution in [2.75, 3.05) is 0 Å². The van der Waals surface area contributed by atoms with E-state index in [1.807, 2.05) is 11.1 Å². The Morgan fingerprint density at radius 1 is 1.27 bits per heavy atom. The molecule has 0 fully saturated rings. The third-order valence-electron chi connectivity index (χ3n) is 1.24. The van der Waals surface area contributed by atoms with Crippen LogP contribution in [0.5, 0.6) is 0 Å². The third-order valence-corrected chi connectivity index (χ3v) is 2.94. The van der Waals surface area contributed by atoms with Crippen LogP contribution in [0.15, 0.2) is 29.3 Å². The summed E-state index contributed by atoms with van der Waals surface area (Å²) in [4.78, 5) is 4.20. The summed E-state index contributed by atoms with van der Waals surface area (Å²) in [5, 5.41) is 8.51. The molecule has 11 heavy (non-hydrogen) atoms. The minimum atomic E-state index is 0.511. The number of benzene rings is 1. The molecule has 0 amide bonds. The van der Waals surface area contributed by atoms with E-state index < -0.39 is 0 Å². The van der Waals surface area contributed by atoms with Gasteiger partial charge in [-0.05, 0) is 0 Å². The molecule has 2 aromatic rings. The van der Waals surface area contributed by atoms with Gasteiger partial charge in [-0.25, -0.2) is 5.26 Å². The molecule has 2 rings (SSSR count). The number of rotatable bonds is 0. The molecular formula is C8H6N2Se. The molecule has 0 unspecified atom stereocenters. The fourth-order valence-corrected chi connectivity index (χ4v) is 2.23. The van der Waals surface area contributed by atoms with Gasteiger partial charge in [0.25, 0.3) is 0 Å². The molecule has 3 heteroatoms. The summed E-state index contributed by atoms with van der Waals surface area (Å²) in [5.74, 6) is 0. The van der Waals surface area contributed by atoms with E-state index in [0.717, 1.165) is 5.52 Å². The first-order chi connectivity index (χ1) is 5.47. The molecule has 1 heterocycles. The standard InChI is InChI=1S/C7H5NSe.CHN/c1-2-4-7-6(3-1)8-5-9-7;1-2/h1-5H;1H. The van der Waals surface area contributed by atoms with Crippen molar-refractivity contribution in [2.24, 2.45) is 0 Å². The van der Waals surface area contributed by atoms with Crippen LogP contribution < -0.4 is 0 Å². The Hall–Kier alpha value is -1.10. The van der Waals surface area contributed by atoms with E-state index in [1.165, 1.54) is 4.26 Å². The van der Waals surface area contributed by atoms with Gasteiger partial charge in [-0.3, -0.25) is 0 Å². The predicted octanol–water partition coefficient (Wildman–Crippen LogP) is 1.43. The second-order valence-electron chi connectivity index (χ2n) is 1.82. The maximum atomic E-state index is 6.50. The number of hydrogen-bond acceptors (Lipinski definition) is 2. The van der Waals surface area contributed by atoms with Crippen LogP contribution in [0.3, 0.4) is 0 Å². The Kier molecular flexibility index (Phi) is 2.85. The van der Waals surface area contributed by atoms with E-state index in [9.17, 15) is 0 Å². The van der Waals surface area contributed by atoms with E-state index in [1.54, 1.807) is 0 Å². The van der Waals surface area contributed by atoms with E-state index in [-0.39, 0.29) is 0 Å². The van der Waals surface area contributed by atoms with Gasteiger partial charge in [0.15, 0.2) is 0 Å². The first-order valence-corrected chi connectivity index (χ1v) is 4.85.